The molecule has 180 valence electrons. The highest BCUT2D eigenvalue weighted by Gasteiger charge is 2.29. The standard InChI is InChI=1S/C27H25FN2O5/c1-16(25(31)30-23-12-6-11-22(28)24(23)26(32)33)13-14-29-27(34)35-15-21-19-9-4-2-7-17(19)18-8-3-5-10-20(18)21/h2-12,16,21H,13-15H2,1H3,(H,29,34)(H,30,31)(H,32,33). The summed E-state index contributed by atoms with van der Waals surface area (Å²) < 4.78 is 19.3. The van der Waals surface area contributed by atoms with Crippen LogP contribution in [0.25, 0.3) is 11.1 Å². The van der Waals surface area contributed by atoms with E-state index in [9.17, 15) is 23.9 Å². The summed E-state index contributed by atoms with van der Waals surface area (Å²) >= 11 is 0. The number of hydrogen-bond acceptors (Lipinski definition) is 4. The van der Waals surface area contributed by atoms with Crippen LogP contribution in [0.2, 0.25) is 0 Å². The molecule has 0 saturated heterocycles. The fraction of sp³-hybridized carbons (Fsp3) is 0.222. The second-order valence-electron chi connectivity index (χ2n) is 8.40. The third kappa shape index (κ3) is 5.16. The number of carboxylic acid groups (broad SMARTS) is 1. The van der Waals surface area contributed by atoms with Crippen LogP contribution in [0.5, 0.6) is 0 Å². The van der Waals surface area contributed by atoms with Crippen LogP contribution in [0.4, 0.5) is 14.9 Å². The number of ether oxygens (including phenoxy) is 1. The molecule has 8 heteroatoms. The summed E-state index contributed by atoms with van der Waals surface area (Å²) in [6.07, 6.45) is -0.300. The molecule has 0 aliphatic heterocycles. The Kier molecular flexibility index (Phi) is 7.10. The van der Waals surface area contributed by atoms with Crippen LogP contribution in [-0.4, -0.2) is 36.2 Å². The van der Waals surface area contributed by atoms with E-state index in [4.69, 9.17) is 4.74 Å². The number of nitrogens with one attached hydrogen (secondary N) is 2. The first-order valence-electron chi connectivity index (χ1n) is 11.3. The van der Waals surface area contributed by atoms with E-state index in [0.717, 1.165) is 28.3 Å². The molecule has 0 saturated carbocycles. The second kappa shape index (κ2) is 10.4. The Hall–Kier alpha value is -4.20. The van der Waals surface area contributed by atoms with E-state index in [1.165, 1.54) is 12.1 Å². The zero-order valence-corrected chi connectivity index (χ0v) is 19.1. The molecule has 0 fully saturated rings. The van der Waals surface area contributed by atoms with Crippen LogP contribution in [0.3, 0.4) is 0 Å². The third-order valence-electron chi connectivity index (χ3n) is 6.12. The van der Waals surface area contributed by atoms with E-state index in [-0.39, 0.29) is 31.2 Å². The van der Waals surface area contributed by atoms with Gasteiger partial charge in [0.25, 0.3) is 0 Å². The van der Waals surface area contributed by atoms with Crippen molar-refractivity contribution in [2.75, 3.05) is 18.5 Å². The van der Waals surface area contributed by atoms with Crippen molar-refractivity contribution in [1.29, 1.82) is 0 Å². The van der Waals surface area contributed by atoms with Gasteiger partial charge in [-0.25, -0.2) is 14.0 Å². The van der Waals surface area contributed by atoms with Crippen molar-refractivity contribution in [2.24, 2.45) is 5.92 Å². The summed E-state index contributed by atoms with van der Waals surface area (Å²) in [7, 11) is 0. The van der Waals surface area contributed by atoms with Gasteiger partial charge in [-0.1, -0.05) is 61.5 Å². The maximum atomic E-state index is 13.8. The van der Waals surface area contributed by atoms with Crippen LogP contribution in [0.15, 0.2) is 66.7 Å². The molecule has 7 nitrogen and oxygen atoms in total. The monoisotopic (exact) mass is 476 g/mol. The fourth-order valence-electron chi connectivity index (χ4n) is 4.27. The third-order valence-corrected chi connectivity index (χ3v) is 6.12. The van der Waals surface area contributed by atoms with Crippen LogP contribution in [0.1, 0.15) is 40.7 Å². The lowest BCUT2D eigenvalue weighted by Crippen LogP contribution is -2.30. The zero-order chi connectivity index (χ0) is 24.9. The summed E-state index contributed by atoms with van der Waals surface area (Å²) in [5, 5.41) is 14.3. The molecule has 0 heterocycles. The van der Waals surface area contributed by atoms with Gasteiger partial charge in [0.15, 0.2) is 0 Å². The number of carbonyl (C=O) groups is 3. The molecule has 0 spiro atoms. The summed E-state index contributed by atoms with van der Waals surface area (Å²) in [5.74, 6) is -3.49. The minimum absolute atomic E-state index is 0.0486. The molecular formula is C27H25FN2O5. The average Bonchev–Trinajstić information content (AvgIpc) is 3.16. The SMILES string of the molecule is CC(CCNC(=O)OCC1c2ccccc2-c2ccccc21)C(=O)Nc1cccc(F)c1C(=O)O. The molecule has 3 N–H and O–H groups in total. The molecule has 35 heavy (non-hydrogen) atoms. The van der Waals surface area contributed by atoms with Gasteiger partial charge in [-0.05, 0) is 40.8 Å². The summed E-state index contributed by atoms with van der Waals surface area (Å²) in [5.41, 5.74) is 3.81. The number of aromatic carboxylic acids is 1. The van der Waals surface area contributed by atoms with Gasteiger partial charge < -0.3 is 20.5 Å². The number of carboxylic acids is 1. The van der Waals surface area contributed by atoms with Gasteiger partial charge in [0.1, 0.15) is 18.0 Å². The Balaban J connectivity index is 1.27. The first kappa shape index (κ1) is 23.9. The maximum absolute atomic E-state index is 13.8. The molecule has 1 aliphatic carbocycles. The van der Waals surface area contributed by atoms with Crippen LogP contribution in [-0.2, 0) is 9.53 Å². The van der Waals surface area contributed by atoms with Crippen molar-refractivity contribution in [3.05, 3.63) is 89.2 Å². The van der Waals surface area contributed by atoms with E-state index in [1.807, 2.05) is 36.4 Å². The smallest absolute Gasteiger partial charge is 0.407 e. The summed E-state index contributed by atoms with van der Waals surface area (Å²) in [6.45, 7) is 2.00. The number of halogens is 1. The first-order chi connectivity index (χ1) is 16.9. The molecular weight excluding hydrogens is 451 g/mol. The normalized spacial score (nSPS) is 12.9. The summed E-state index contributed by atoms with van der Waals surface area (Å²) in [4.78, 5) is 36.0. The maximum Gasteiger partial charge on any atom is 0.407 e. The fourth-order valence-corrected chi connectivity index (χ4v) is 4.27. The van der Waals surface area contributed by atoms with Gasteiger partial charge >= 0.3 is 12.1 Å². The molecule has 3 aromatic carbocycles. The predicted molar refractivity (Wildman–Crippen MR) is 129 cm³/mol. The molecule has 3 aromatic rings. The molecule has 1 aliphatic rings. The van der Waals surface area contributed by atoms with E-state index in [1.54, 1.807) is 6.92 Å². The number of hydrogen-bond donors (Lipinski definition) is 3. The Morgan fingerprint density at radius 2 is 1.60 bits per heavy atom. The number of benzene rings is 3. The minimum Gasteiger partial charge on any atom is -0.478 e. The molecule has 1 unspecified atom stereocenters. The summed E-state index contributed by atoms with van der Waals surface area (Å²) in [6, 6.07) is 19.8. The largest absolute Gasteiger partial charge is 0.478 e. The number of fused-ring (bicyclic) bond motifs is 3. The lowest BCUT2D eigenvalue weighted by molar-refractivity contribution is -0.119. The van der Waals surface area contributed by atoms with E-state index >= 15 is 0 Å². The van der Waals surface area contributed by atoms with Gasteiger partial charge in [0, 0.05) is 18.4 Å². The molecule has 2 amide bonds. The lowest BCUT2D eigenvalue weighted by atomic mass is 9.98. The number of carbonyl (C=O) groups excluding carboxylic acids is 2. The van der Waals surface area contributed by atoms with E-state index < -0.39 is 35.3 Å². The van der Waals surface area contributed by atoms with Gasteiger partial charge in [-0.15, -0.1) is 0 Å². The highest BCUT2D eigenvalue weighted by molar-refractivity contribution is 6.01. The van der Waals surface area contributed by atoms with Crippen LogP contribution >= 0.6 is 0 Å². The Bertz CT molecular complexity index is 1230. The highest BCUT2D eigenvalue weighted by atomic mass is 19.1. The second-order valence-corrected chi connectivity index (χ2v) is 8.40. The molecule has 1 atom stereocenters. The van der Waals surface area contributed by atoms with Crippen LogP contribution in [0, 0.1) is 11.7 Å². The lowest BCUT2D eigenvalue weighted by Gasteiger charge is -2.16. The first-order valence-corrected chi connectivity index (χ1v) is 11.3. The van der Waals surface area contributed by atoms with Crippen molar-refractivity contribution in [1.82, 2.24) is 5.32 Å². The Morgan fingerprint density at radius 1 is 0.971 bits per heavy atom. The molecule has 4 rings (SSSR count). The molecule has 0 aromatic heterocycles. The topological polar surface area (TPSA) is 105 Å². The van der Waals surface area contributed by atoms with Gasteiger partial charge in [-0.3, -0.25) is 4.79 Å². The molecule has 0 bridgehead atoms. The number of rotatable bonds is 8. The molecule has 0 radical (unpaired) electrons. The Morgan fingerprint density at radius 3 is 2.23 bits per heavy atom. The number of anilines is 1. The van der Waals surface area contributed by atoms with Gasteiger partial charge in [-0.2, -0.15) is 0 Å². The average molecular weight is 477 g/mol. The zero-order valence-electron chi connectivity index (χ0n) is 19.1. The number of alkyl carbamates (subject to hydrolysis) is 1. The van der Waals surface area contributed by atoms with E-state index in [0.29, 0.717) is 0 Å². The van der Waals surface area contributed by atoms with Crippen molar-refractivity contribution < 1.29 is 28.6 Å². The highest BCUT2D eigenvalue weighted by Crippen LogP contribution is 2.44. The Labute approximate surface area is 201 Å². The van der Waals surface area contributed by atoms with Gasteiger partial charge in [0.2, 0.25) is 5.91 Å². The number of amides is 2. The van der Waals surface area contributed by atoms with Crippen molar-refractivity contribution in [3.63, 3.8) is 0 Å². The van der Waals surface area contributed by atoms with Crippen molar-refractivity contribution in [2.45, 2.75) is 19.3 Å². The predicted octanol–water partition coefficient (Wildman–Crippen LogP) is 5.03. The van der Waals surface area contributed by atoms with Crippen molar-refractivity contribution in [3.8, 4) is 11.1 Å². The van der Waals surface area contributed by atoms with Crippen molar-refractivity contribution >= 4 is 23.7 Å². The quantitative estimate of drug-likeness (QED) is 0.423. The van der Waals surface area contributed by atoms with Crippen LogP contribution < -0.4 is 10.6 Å². The minimum atomic E-state index is -1.47. The van der Waals surface area contributed by atoms with Gasteiger partial charge in [0.05, 0.1) is 5.69 Å². The van der Waals surface area contributed by atoms with E-state index in [2.05, 4.69) is 22.8 Å².